The maximum atomic E-state index is 12.1. The van der Waals surface area contributed by atoms with Gasteiger partial charge in [-0.3, -0.25) is 9.59 Å². The molecule has 32 heavy (non-hydrogen) atoms. The smallest absolute Gasteiger partial charge is 0.308 e. The number of hydrogen-bond acceptors (Lipinski definition) is 8. The van der Waals surface area contributed by atoms with Crippen LogP contribution in [-0.4, -0.2) is 43.7 Å². The van der Waals surface area contributed by atoms with E-state index in [0.717, 1.165) is 35.4 Å². The van der Waals surface area contributed by atoms with Gasteiger partial charge >= 0.3 is 11.9 Å². The van der Waals surface area contributed by atoms with Crippen molar-refractivity contribution in [2.45, 2.75) is 58.5 Å². The lowest BCUT2D eigenvalue weighted by Gasteiger charge is -2.51. The molecule has 5 atom stereocenters. The summed E-state index contributed by atoms with van der Waals surface area (Å²) >= 11 is 0. The molecule has 8 nitrogen and oxygen atoms in total. The lowest BCUT2D eigenvalue weighted by Crippen LogP contribution is -2.51. The summed E-state index contributed by atoms with van der Waals surface area (Å²) < 4.78 is 11.2. The molecule has 0 heterocycles. The maximum Gasteiger partial charge on any atom is 0.308 e. The topological polar surface area (TPSA) is 95.8 Å². The van der Waals surface area contributed by atoms with Gasteiger partial charge in [-0.2, -0.15) is 0 Å². The highest BCUT2D eigenvalue weighted by Crippen LogP contribution is 2.60. The number of hydrogen-bond donors (Lipinski definition) is 0. The Kier molecular flexibility index (Phi) is 5.97. The summed E-state index contributed by atoms with van der Waals surface area (Å²) in [6.07, 6.45) is 2.91. The first-order valence-corrected chi connectivity index (χ1v) is 11.0. The normalized spacial score (nSPS) is 33.2. The fourth-order valence-corrected chi connectivity index (χ4v) is 6.26. The summed E-state index contributed by atoms with van der Waals surface area (Å²) in [5, 5.41) is 8.67. The van der Waals surface area contributed by atoms with Crippen molar-refractivity contribution in [3.63, 3.8) is 0 Å². The Morgan fingerprint density at radius 2 is 1.84 bits per heavy atom. The van der Waals surface area contributed by atoms with Gasteiger partial charge in [-0.15, -0.1) is 0 Å². The van der Waals surface area contributed by atoms with Crippen LogP contribution in [0, 0.1) is 17.3 Å². The molecule has 4 rings (SSSR count). The molecule has 0 amide bonds. The first kappa shape index (κ1) is 22.3. The first-order valence-electron chi connectivity index (χ1n) is 11.0. The second-order valence-electron chi connectivity index (χ2n) is 9.09. The lowest BCUT2D eigenvalue weighted by molar-refractivity contribution is -0.153. The molecule has 3 aliphatic rings. The Balaban J connectivity index is 1.84. The lowest BCUT2D eigenvalue weighted by atomic mass is 9.54. The third-order valence-electron chi connectivity index (χ3n) is 7.28. The van der Waals surface area contributed by atoms with E-state index in [2.05, 4.69) is 17.2 Å². The van der Waals surface area contributed by atoms with Gasteiger partial charge in [0.2, 0.25) is 0 Å². The van der Waals surface area contributed by atoms with Crippen molar-refractivity contribution in [2.24, 2.45) is 27.6 Å². The quantitative estimate of drug-likeness (QED) is 0.400. The third-order valence-corrected chi connectivity index (χ3v) is 7.28. The van der Waals surface area contributed by atoms with Crippen LogP contribution in [0.3, 0.4) is 0 Å². The average molecular weight is 443 g/mol. The van der Waals surface area contributed by atoms with Crippen molar-refractivity contribution in [1.82, 2.24) is 0 Å². The molecule has 0 aliphatic heterocycles. The molecule has 1 aromatic rings. The predicted octanol–water partition coefficient (Wildman–Crippen LogP) is 3.82. The predicted molar refractivity (Wildman–Crippen MR) is 118 cm³/mol. The number of fused-ring (bicyclic) bond motifs is 5. The zero-order valence-corrected chi connectivity index (χ0v) is 19.2. The van der Waals surface area contributed by atoms with Crippen LogP contribution in [-0.2, 0) is 24.0 Å². The van der Waals surface area contributed by atoms with Crippen LogP contribution < -0.4 is 4.74 Å². The van der Waals surface area contributed by atoms with Crippen LogP contribution in [0.4, 0.5) is 0 Å². The standard InChI is InChI=1S/C24H30N2O6/c1-13(27)31-15-6-7-16-17(10-15)20(25-29-4)11-18-19-8-9-22(26-30-5)24(19,3)12-21(23(16)18)32-14(2)28/h6-7,10,18-19,21,23H,8-9,11-12H2,1-5H3/b25-20-,26-22+/t18-,19-,21-,23+,24-/m0/s1. The fourth-order valence-electron chi connectivity index (χ4n) is 6.26. The Bertz CT molecular complexity index is 987. The van der Waals surface area contributed by atoms with Gasteiger partial charge < -0.3 is 19.1 Å². The number of carbonyl (C=O) groups excluding carboxylic acids is 2. The van der Waals surface area contributed by atoms with Crippen LogP contribution in [0.15, 0.2) is 28.5 Å². The molecule has 0 N–H and O–H groups in total. The Hall–Kier alpha value is -2.90. The van der Waals surface area contributed by atoms with Gasteiger partial charge in [0.15, 0.2) is 0 Å². The summed E-state index contributed by atoms with van der Waals surface area (Å²) in [6.45, 7) is 5.03. The van der Waals surface area contributed by atoms with Crippen LogP contribution in [0.5, 0.6) is 5.75 Å². The molecule has 1 aromatic carbocycles. The zero-order chi connectivity index (χ0) is 23.0. The van der Waals surface area contributed by atoms with Gasteiger partial charge in [0.05, 0.1) is 11.4 Å². The minimum Gasteiger partial charge on any atom is -0.462 e. The molecule has 2 fully saturated rings. The number of esters is 2. The van der Waals surface area contributed by atoms with E-state index in [1.54, 1.807) is 13.2 Å². The Labute approximate surface area is 187 Å². The summed E-state index contributed by atoms with van der Waals surface area (Å²) in [6, 6.07) is 5.59. The molecule has 3 aliphatic carbocycles. The van der Waals surface area contributed by atoms with Crippen LogP contribution in [0.2, 0.25) is 0 Å². The van der Waals surface area contributed by atoms with Crippen LogP contribution in [0.1, 0.15) is 63.5 Å². The first-order chi connectivity index (χ1) is 15.3. The zero-order valence-electron chi connectivity index (χ0n) is 19.2. The van der Waals surface area contributed by atoms with E-state index in [1.807, 2.05) is 12.1 Å². The minimum absolute atomic E-state index is 0.0102. The van der Waals surface area contributed by atoms with E-state index in [1.165, 1.54) is 21.0 Å². The Morgan fingerprint density at radius 1 is 1.09 bits per heavy atom. The molecule has 0 unspecified atom stereocenters. The summed E-state index contributed by atoms with van der Waals surface area (Å²) in [5.41, 5.74) is 3.53. The summed E-state index contributed by atoms with van der Waals surface area (Å²) in [7, 11) is 3.10. The number of benzene rings is 1. The molecule has 0 saturated heterocycles. The van der Waals surface area contributed by atoms with Crippen molar-refractivity contribution in [1.29, 1.82) is 0 Å². The fraction of sp³-hybridized carbons (Fsp3) is 0.583. The van der Waals surface area contributed by atoms with Crippen LogP contribution >= 0.6 is 0 Å². The Morgan fingerprint density at radius 3 is 2.50 bits per heavy atom. The molecular formula is C24H30N2O6. The van der Waals surface area contributed by atoms with Gasteiger partial charge in [-0.25, -0.2) is 0 Å². The molecule has 0 bridgehead atoms. The van der Waals surface area contributed by atoms with E-state index in [-0.39, 0.29) is 35.3 Å². The largest absolute Gasteiger partial charge is 0.462 e. The molecular weight excluding hydrogens is 412 g/mol. The second-order valence-corrected chi connectivity index (χ2v) is 9.09. The van der Waals surface area contributed by atoms with E-state index in [4.69, 9.17) is 19.1 Å². The second kappa shape index (κ2) is 8.56. The number of nitrogens with zero attached hydrogens (tertiary/aromatic N) is 2. The highest BCUT2D eigenvalue weighted by atomic mass is 16.6. The number of rotatable bonds is 4. The number of carbonyl (C=O) groups is 2. The van der Waals surface area contributed by atoms with Crippen molar-refractivity contribution >= 4 is 23.4 Å². The summed E-state index contributed by atoms with van der Waals surface area (Å²) in [5.74, 6) is 0.328. The third kappa shape index (κ3) is 3.76. The van der Waals surface area contributed by atoms with Crippen molar-refractivity contribution in [3.8, 4) is 5.75 Å². The molecule has 0 radical (unpaired) electrons. The molecule has 2 saturated carbocycles. The van der Waals surface area contributed by atoms with E-state index < -0.39 is 0 Å². The number of ether oxygens (including phenoxy) is 2. The van der Waals surface area contributed by atoms with Crippen molar-refractivity contribution < 1.29 is 28.7 Å². The van der Waals surface area contributed by atoms with Crippen LogP contribution in [0.25, 0.3) is 0 Å². The van der Waals surface area contributed by atoms with Gasteiger partial charge in [0, 0.05) is 30.7 Å². The SMILES string of the molecule is CO/N=C1/C[C@@H]2[C@@H](c3ccc(OC(C)=O)cc31)[C@@H](OC(C)=O)C[C@]1(C)/C(=N/OC)CC[C@@H]21. The van der Waals surface area contributed by atoms with Gasteiger partial charge in [-0.1, -0.05) is 23.3 Å². The average Bonchev–Trinajstić information content (AvgIpc) is 3.04. The van der Waals surface area contributed by atoms with E-state index >= 15 is 0 Å². The molecule has 172 valence electrons. The van der Waals surface area contributed by atoms with E-state index in [0.29, 0.717) is 24.5 Å². The van der Waals surface area contributed by atoms with Gasteiger partial charge in [-0.05, 0) is 55.2 Å². The monoisotopic (exact) mass is 442 g/mol. The maximum absolute atomic E-state index is 12.1. The highest BCUT2D eigenvalue weighted by Gasteiger charge is 2.59. The molecule has 0 aromatic heterocycles. The van der Waals surface area contributed by atoms with E-state index in [9.17, 15) is 9.59 Å². The van der Waals surface area contributed by atoms with Crippen molar-refractivity contribution in [3.05, 3.63) is 29.3 Å². The molecule has 8 heteroatoms. The highest BCUT2D eigenvalue weighted by molar-refractivity contribution is 6.04. The van der Waals surface area contributed by atoms with Gasteiger partial charge in [0.25, 0.3) is 0 Å². The van der Waals surface area contributed by atoms with Crippen molar-refractivity contribution in [2.75, 3.05) is 14.2 Å². The minimum atomic E-state index is -0.383. The summed E-state index contributed by atoms with van der Waals surface area (Å²) in [4.78, 5) is 33.9. The number of oxime groups is 2. The van der Waals surface area contributed by atoms with Gasteiger partial charge in [0.1, 0.15) is 26.1 Å². The molecule has 0 spiro atoms.